The smallest absolute Gasteiger partial charge is 0.232 e. The Bertz CT molecular complexity index is 874. The SMILES string of the molecule is COc1ccc(N2C[C@@H](c3nc(-c4ccccc4)no3)CC2=O)cc1. The second kappa shape index (κ2) is 6.39. The van der Waals surface area contributed by atoms with Crippen LogP contribution in [0.25, 0.3) is 11.4 Å². The minimum Gasteiger partial charge on any atom is -0.497 e. The highest BCUT2D eigenvalue weighted by Gasteiger charge is 2.35. The second-order valence-corrected chi connectivity index (χ2v) is 5.93. The number of rotatable bonds is 4. The van der Waals surface area contributed by atoms with Crippen LogP contribution in [0.4, 0.5) is 5.69 Å². The summed E-state index contributed by atoms with van der Waals surface area (Å²) in [7, 11) is 1.62. The monoisotopic (exact) mass is 335 g/mol. The van der Waals surface area contributed by atoms with Crippen molar-refractivity contribution in [2.45, 2.75) is 12.3 Å². The molecule has 0 radical (unpaired) electrons. The maximum absolute atomic E-state index is 12.4. The molecule has 4 rings (SSSR count). The summed E-state index contributed by atoms with van der Waals surface area (Å²) < 4.78 is 10.6. The van der Waals surface area contributed by atoms with E-state index < -0.39 is 0 Å². The largest absolute Gasteiger partial charge is 0.497 e. The zero-order valence-electron chi connectivity index (χ0n) is 13.8. The highest BCUT2D eigenvalue weighted by Crippen LogP contribution is 2.32. The number of hydrogen-bond acceptors (Lipinski definition) is 5. The fraction of sp³-hybridized carbons (Fsp3) is 0.211. The zero-order valence-corrected chi connectivity index (χ0v) is 13.8. The third-order valence-electron chi connectivity index (χ3n) is 4.33. The van der Waals surface area contributed by atoms with Gasteiger partial charge in [0.1, 0.15) is 5.75 Å². The number of anilines is 1. The fourth-order valence-electron chi connectivity index (χ4n) is 2.99. The Labute approximate surface area is 145 Å². The molecule has 0 bridgehead atoms. The van der Waals surface area contributed by atoms with Gasteiger partial charge in [-0.2, -0.15) is 4.98 Å². The Morgan fingerprint density at radius 3 is 2.60 bits per heavy atom. The van der Waals surface area contributed by atoms with Gasteiger partial charge in [-0.05, 0) is 24.3 Å². The molecule has 25 heavy (non-hydrogen) atoms. The van der Waals surface area contributed by atoms with E-state index in [4.69, 9.17) is 9.26 Å². The quantitative estimate of drug-likeness (QED) is 0.732. The van der Waals surface area contributed by atoms with Crippen LogP contribution in [0.2, 0.25) is 0 Å². The first-order valence-electron chi connectivity index (χ1n) is 8.08. The van der Waals surface area contributed by atoms with Gasteiger partial charge in [-0.1, -0.05) is 35.5 Å². The van der Waals surface area contributed by atoms with Crippen molar-refractivity contribution in [2.75, 3.05) is 18.6 Å². The fourth-order valence-corrected chi connectivity index (χ4v) is 2.99. The molecule has 1 fully saturated rings. The van der Waals surface area contributed by atoms with Crippen LogP contribution in [0, 0.1) is 0 Å². The molecule has 3 aromatic rings. The van der Waals surface area contributed by atoms with Gasteiger partial charge < -0.3 is 14.2 Å². The Balaban J connectivity index is 1.53. The van der Waals surface area contributed by atoms with Crippen LogP contribution < -0.4 is 9.64 Å². The molecule has 1 aliphatic heterocycles. The molecule has 6 nitrogen and oxygen atoms in total. The van der Waals surface area contributed by atoms with Crippen LogP contribution in [-0.2, 0) is 4.79 Å². The van der Waals surface area contributed by atoms with E-state index in [0.29, 0.717) is 24.7 Å². The topological polar surface area (TPSA) is 68.5 Å². The number of methoxy groups -OCH3 is 1. The third-order valence-corrected chi connectivity index (χ3v) is 4.33. The average Bonchev–Trinajstić information content (AvgIpc) is 3.29. The number of benzene rings is 2. The third kappa shape index (κ3) is 2.98. The van der Waals surface area contributed by atoms with Crippen molar-refractivity contribution in [2.24, 2.45) is 0 Å². The van der Waals surface area contributed by atoms with E-state index in [9.17, 15) is 4.79 Å². The van der Waals surface area contributed by atoms with Gasteiger partial charge in [0.05, 0.1) is 13.0 Å². The summed E-state index contributed by atoms with van der Waals surface area (Å²) in [4.78, 5) is 18.6. The predicted octanol–water partition coefficient (Wildman–Crippen LogP) is 3.27. The van der Waals surface area contributed by atoms with Crippen LogP contribution in [-0.4, -0.2) is 29.7 Å². The van der Waals surface area contributed by atoms with E-state index in [0.717, 1.165) is 17.0 Å². The lowest BCUT2D eigenvalue weighted by Crippen LogP contribution is -2.24. The summed E-state index contributed by atoms with van der Waals surface area (Å²) in [6.45, 7) is 0.529. The van der Waals surface area contributed by atoms with Crippen molar-refractivity contribution in [3.8, 4) is 17.1 Å². The summed E-state index contributed by atoms with van der Waals surface area (Å²) in [6, 6.07) is 17.1. The Kier molecular flexibility index (Phi) is 3.93. The first kappa shape index (κ1) is 15.4. The normalized spacial score (nSPS) is 17.1. The lowest BCUT2D eigenvalue weighted by Gasteiger charge is -2.16. The Morgan fingerprint density at radius 2 is 1.88 bits per heavy atom. The first-order chi connectivity index (χ1) is 12.2. The summed E-state index contributed by atoms with van der Waals surface area (Å²) in [5.41, 5.74) is 1.74. The minimum atomic E-state index is -0.0976. The van der Waals surface area contributed by atoms with E-state index in [-0.39, 0.29) is 11.8 Å². The number of carbonyl (C=O) groups is 1. The molecule has 126 valence electrons. The molecule has 2 aromatic carbocycles. The van der Waals surface area contributed by atoms with Crippen molar-refractivity contribution in [1.82, 2.24) is 10.1 Å². The maximum Gasteiger partial charge on any atom is 0.232 e. The molecular weight excluding hydrogens is 318 g/mol. The molecule has 0 aliphatic carbocycles. The minimum absolute atomic E-state index is 0.0506. The van der Waals surface area contributed by atoms with Crippen LogP contribution in [0.3, 0.4) is 0 Å². The van der Waals surface area contributed by atoms with E-state index >= 15 is 0 Å². The number of amides is 1. The highest BCUT2D eigenvalue weighted by atomic mass is 16.5. The van der Waals surface area contributed by atoms with Crippen molar-refractivity contribution < 1.29 is 14.1 Å². The summed E-state index contributed by atoms with van der Waals surface area (Å²) in [5.74, 6) is 1.76. The van der Waals surface area contributed by atoms with Gasteiger partial charge in [-0.15, -0.1) is 0 Å². The van der Waals surface area contributed by atoms with Gasteiger partial charge >= 0.3 is 0 Å². The number of nitrogens with zero attached hydrogens (tertiary/aromatic N) is 3. The van der Waals surface area contributed by atoms with Gasteiger partial charge in [0, 0.05) is 24.2 Å². The van der Waals surface area contributed by atoms with Gasteiger partial charge in [0.25, 0.3) is 0 Å². The van der Waals surface area contributed by atoms with E-state index in [2.05, 4.69) is 10.1 Å². The van der Waals surface area contributed by atoms with Crippen LogP contribution in [0.5, 0.6) is 5.75 Å². The van der Waals surface area contributed by atoms with Crippen LogP contribution in [0.15, 0.2) is 59.1 Å². The maximum atomic E-state index is 12.4. The second-order valence-electron chi connectivity index (χ2n) is 5.93. The van der Waals surface area contributed by atoms with Gasteiger partial charge in [0.2, 0.25) is 17.6 Å². The van der Waals surface area contributed by atoms with E-state index in [1.807, 2.05) is 54.6 Å². The number of ether oxygens (including phenoxy) is 1. The van der Waals surface area contributed by atoms with Gasteiger partial charge in [-0.3, -0.25) is 4.79 Å². The first-order valence-corrected chi connectivity index (χ1v) is 8.08. The lowest BCUT2D eigenvalue weighted by molar-refractivity contribution is -0.117. The molecule has 0 spiro atoms. The summed E-state index contributed by atoms with van der Waals surface area (Å²) >= 11 is 0. The molecule has 6 heteroatoms. The lowest BCUT2D eigenvalue weighted by atomic mass is 10.1. The molecule has 0 saturated carbocycles. The molecule has 1 aliphatic rings. The highest BCUT2D eigenvalue weighted by molar-refractivity contribution is 5.96. The number of carbonyl (C=O) groups excluding carboxylic acids is 1. The van der Waals surface area contributed by atoms with E-state index in [1.165, 1.54) is 0 Å². The van der Waals surface area contributed by atoms with Crippen molar-refractivity contribution >= 4 is 11.6 Å². The molecule has 1 aromatic heterocycles. The molecule has 0 unspecified atom stereocenters. The summed E-state index contributed by atoms with van der Waals surface area (Å²) in [6.07, 6.45) is 0.364. The van der Waals surface area contributed by atoms with Crippen LogP contribution in [0.1, 0.15) is 18.2 Å². The Morgan fingerprint density at radius 1 is 1.12 bits per heavy atom. The molecule has 1 amide bonds. The number of aromatic nitrogens is 2. The van der Waals surface area contributed by atoms with Crippen LogP contribution >= 0.6 is 0 Å². The van der Waals surface area contributed by atoms with Gasteiger partial charge in [-0.25, -0.2) is 0 Å². The molecular formula is C19H17N3O3. The zero-order chi connectivity index (χ0) is 17.2. The standard InChI is InChI=1S/C19H17N3O3/c1-24-16-9-7-15(8-10-16)22-12-14(11-17(22)23)19-20-18(21-25-19)13-5-3-2-4-6-13/h2-10,14H,11-12H2,1H3/t14-/m0/s1. The van der Waals surface area contributed by atoms with Crippen molar-refractivity contribution in [3.63, 3.8) is 0 Å². The number of hydrogen-bond donors (Lipinski definition) is 0. The van der Waals surface area contributed by atoms with Crippen molar-refractivity contribution in [1.29, 1.82) is 0 Å². The van der Waals surface area contributed by atoms with Gasteiger partial charge in [0.15, 0.2) is 0 Å². The summed E-state index contributed by atoms with van der Waals surface area (Å²) in [5, 5.41) is 4.04. The Hall–Kier alpha value is -3.15. The predicted molar refractivity (Wildman–Crippen MR) is 92.4 cm³/mol. The van der Waals surface area contributed by atoms with E-state index in [1.54, 1.807) is 12.0 Å². The molecule has 1 atom stereocenters. The average molecular weight is 335 g/mol. The molecule has 2 heterocycles. The molecule has 1 saturated heterocycles. The molecule has 0 N–H and O–H groups in total. The van der Waals surface area contributed by atoms with Crippen molar-refractivity contribution in [3.05, 3.63) is 60.5 Å².